The number of rotatable bonds is 10. The molecule has 0 aromatic heterocycles. The van der Waals surface area contributed by atoms with Crippen molar-refractivity contribution in [2.45, 2.75) is 46.1 Å². The number of likely N-dealkylation sites (N-methyl/N-ethyl adjacent to an activating group) is 1. The molecule has 0 radical (unpaired) electrons. The quantitative estimate of drug-likeness (QED) is 0.366. The molecule has 1 saturated heterocycles. The van der Waals surface area contributed by atoms with Gasteiger partial charge >= 0.3 is 0 Å². The standard InChI is InChI=1S/C18H37N5/c1-5-12-22(8-4)16-11-20-18(19-7-3)21-17-9-14-23(13-6-2)15-10-17/h6,17H,2,5,7-16H2,1,3-4H3,(H2,19,20,21). The molecular formula is C18H37N5. The van der Waals surface area contributed by atoms with Gasteiger partial charge < -0.3 is 15.5 Å². The Kier molecular flexibility index (Phi) is 10.7. The normalized spacial score (nSPS) is 17.5. The van der Waals surface area contributed by atoms with Crippen molar-refractivity contribution in [3.05, 3.63) is 12.7 Å². The van der Waals surface area contributed by atoms with Crippen LogP contribution < -0.4 is 10.6 Å². The summed E-state index contributed by atoms with van der Waals surface area (Å²) in [5.41, 5.74) is 0. The fourth-order valence-corrected chi connectivity index (χ4v) is 3.00. The molecule has 1 rings (SSSR count). The lowest BCUT2D eigenvalue weighted by molar-refractivity contribution is 0.225. The van der Waals surface area contributed by atoms with E-state index in [-0.39, 0.29) is 0 Å². The van der Waals surface area contributed by atoms with Crippen LogP contribution in [-0.2, 0) is 0 Å². The molecule has 0 amide bonds. The first kappa shape index (κ1) is 20.0. The maximum atomic E-state index is 4.76. The lowest BCUT2D eigenvalue weighted by Gasteiger charge is -2.32. The number of piperidine rings is 1. The molecule has 0 unspecified atom stereocenters. The molecule has 1 heterocycles. The Morgan fingerprint density at radius 3 is 2.57 bits per heavy atom. The van der Waals surface area contributed by atoms with Gasteiger partial charge in [-0.1, -0.05) is 19.9 Å². The monoisotopic (exact) mass is 323 g/mol. The number of likely N-dealkylation sites (tertiary alicyclic amines) is 1. The van der Waals surface area contributed by atoms with Crippen molar-refractivity contribution in [1.29, 1.82) is 0 Å². The molecule has 0 bridgehead atoms. The minimum atomic E-state index is 0.534. The molecule has 0 aliphatic carbocycles. The largest absolute Gasteiger partial charge is 0.357 e. The fraction of sp³-hybridized carbons (Fsp3) is 0.833. The van der Waals surface area contributed by atoms with Gasteiger partial charge in [0.25, 0.3) is 0 Å². The van der Waals surface area contributed by atoms with Crippen LogP contribution in [0.1, 0.15) is 40.0 Å². The minimum absolute atomic E-state index is 0.534. The molecule has 1 aliphatic heterocycles. The Morgan fingerprint density at radius 2 is 2.00 bits per heavy atom. The number of aliphatic imine (C=N–C) groups is 1. The first-order chi connectivity index (χ1) is 11.2. The van der Waals surface area contributed by atoms with Crippen LogP contribution in [0.25, 0.3) is 0 Å². The SMILES string of the molecule is C=CCN1CCC(NC(=NCCN(CC)CCC)NCC)CC1. The van der Waals surface area contributed by atoms with Crippen LogP contribution in [0.15, 0.2) is 17.6 Å². The highest BCUT2D eigenvalue weighted by molar-refractivity contribution is 5.80. The first-order valence-corrected chi connectivity index (χ1v) is 9.33. The third-order valence-corrected chi connectivity index (χ3v) is 4.33. The summed E-state index contributed by atoms with van der Waals surface area (Å²) in [5, 5.41) is 6.99. The van der Waals surface area contributed by atoms with Crippen LogP contribution in [0.3, 0.4) is 0 Å². The van der Waals surface area contributed by atoms with Gasteiger partial charge in [0.15, 0.2) is 5.96 Å². The van der Waals surface area contributed by atoms with Crippen molar-refractivity contribution in [2.75, 3.05) is 52.4 Å². The molecule has 0 atom stereocenters. The molecule has 5 heteroatoms. The molecule has 0 aromatic carbocycles. The van der Waals surface area contributed by atoms with Crippen molar-refractivity contribution < 1.29 is 0 Å². The fourth-order valence-electron chi connectivity index (χ4n) is 3.00. The van der Waals surface area contributed by atoms with Crippen molar-refractivity contribution in [2.24, 2.45) is 4.99 Å². The number of guanidine groups is 1. The summed E-state index contributed by atoms with van der Waals surface area (Å²) in [6.07, 6.45) is 5.55. The van der Waals surface area contributed by atoms with E-state index in [4.69, 9.17) is 4.99 Å². The smallest absolute Gasteiger partial charge is 0.191 e. The highest BCUT2D eigenvalue weighted by atomic mass is 15.2. The van der Waals surface area contributed by atoms with Crippen molar-refractivity contribution in [3.63, 3.8) is 0 Å². The van der Waals surface area contributed by atoms with Gasteiger partial charge in [-0.3, -0.25) is 9.89 Å². The zero-order valence-corrected chi connectivity index (χ0v) is 15.5. The Hall–Kier alpha value is -1.07. The van der Waals surface area contributed by atoms with Crippen molar-refractivity contribution >= 4 is 5.96 Å². The summed E-state index contributed by atoms with van der Waals surface area (Å²) < 4.78 is 0. The van der Waals surface area contributed by atoms with E-state index in [1.165, 1.54) is 19.3 Å². The van der Waals surface area contributed by atoms with Gasteiger partial charge in [0.2, 0.25) is 0 Å². The van der Waals surface area contributed by atoms with Gasteiger partial charge in [0.1, 0.15) is 0 Å². The Bertz CT molecular complexity index is 334. The molecule has 23 heavy (non-hydrogen) atoms. The molecule has 0 spiro atoms. The van der Waals surface area contributed by atoms with Gasteiger partial charge in [-0.25, -0.2) is 0 Å². The average molecular weight is 324 g/mol. The maximum absolute atomic E-state index is 4.76. The summed E-state index contributed by atoms with van der Waals surface area (Å²) in [6, 6.07) is 0.534. The third kappa shape index (κ3) is 8.37. The van der Waals surface area contributed by atoms with Gasteiger partial charge in [-0.15, -0.1) is 6.58 Å². The van der Waals surface area contributed by atoms with E-state index in [9.17, 15) is 0 Å². The van der Waals surface area contributed by atoms with E-state index < -0.39 is 0 Å². The Balaban J connectivity index is 2.39. The van der Waals surface area contributed by atoms with E-state index in [2.05, 4.69) is 47.8 Å². The minimum Gasteiger partial charge on any atom is -0.357 e. The topological polar surface area (TPSA) is 42.9 Å². The Labute approximate surface area is 143 Å². The van der Waals surface area contributed by atoms with E-state index in [0.717, 1.165) is 58.3 Å². The van der Waals surface area contributed by atoms with Gasteiger partial charge in [0, 0.05) is 38.8 Å². The van der Waals surface area contributed by atoms with Gasteiger partial charge in [0.05, 0.1) is 6.54 Å². The van der Waals surface area contributed by atoms with Crippen LogP contribution in [-0.4, -0.2) is 74.2 Å². The Morgan fingerprint density at radius 1 is 1.26 bits per heavy atom. The second kappa shape index (κ2) is 12.4. The molecular weight excluding hydrogens is 286 g/mol. The highest BCUT2D eigenvalue weighted by Gasteiger charge is 2.18. The predicted octanol–water partition coefficient (Wildman–Crippen LogP) is 1.92. The molecule has 5 nitrogen and oxygen atoms in total. The predicted molar refractivity (Wildman–Crippen MR) is 101 cm³/mol. The zero-order valence-electron chi connectivity index (χ0n) is 15.5. The summed E-state index contributed by atoms with van der Waals surface area (Å²) in [4.78, 5) is 9.67. The van der Waals surface area contributed by atoms with E-state index >= 15 is 0 Å². The second-order valence-electron chi connectivity index (χ2n) is 6.20. The van der Waals surface area contributed by atoms with Crippen molar-refractivity contribution in [1.82, 2.24) is 20.4 Å². The summed E-state index contributed by atoms with van der Waals surface area (Å²) >= 11 is 0. The van der Waals surface area contributed by atoms with Gasteiger partial charge in [-0.05, 0) is 39.3 Å². The van der Waals surface area contributed by atoms with Crippen LogP contribution in [0.2, 0.25) is 0 Å². The lowest BCUT2D eigenvalue weighted by atomic mass is 10.1. The van der Waals surface area contributed by atoms with Crippen LogP contribution in [0, 0.1) is 0 Å². The van der Waals surface area contributed by atoms with Crippen molar-refractivity contribution in [3.8, 4) is 0 Å². The average Bonchev–Trinajstić information content (AvgIpc) is 2.56. The van der Waals surface area contributed by atoms with Crippen LogP contribution in [0.4, 0.5) is 0 Å². The molecule has 0 aromatic rings. The molecule has 0 saturated carbocycles. The van der Waals surface area contributed by atoms with E-state index in [1.807, 2.05) is 6.08 Å². The number of nitrogens with zero attached hydrogens (tertiary/aromatic N) is 3. The van der Waals surface area contributed by atoms with Crippen LogP contribution >= 0.6 is 0 Å². The number of hydrogen-bond donors (Lipinski definition) is 2. The summed E-state index contributed by atoms with van der Waals surface area (Å²) in [5.74, 6) is 0.974. The number of nitrogens with one attached hydrogen (secondary N) is 2. The summed E-state index contributed by atoms with van der Waals surface area (Å²) in [7, 11) is 0. The summed E-state index contributed by atoms with van der Waals surface area (Å²) in [6.45, 7) is 18.8. The lowest BCUT2D eigenvalue weighted by Crippen LogP contribution is -2.48. The molecule has 2 N–H and O–H groups in total. The maximum Gasteiger partial charge on any atom is 0.191 e. The van der Waals surface area contributed by atoms with E-state index in [1.54, 1.807) is 0 Å². The molecule has 1 aliphatic rings. The second-order valence-corrected chi connectivity index (χ2v) is 6.20. The molecule has 1 fully saturated rings. The molecule has 134 valence electrons. The third-order valence-electron chi connectivity index (χ3n) is 4.33. The first-order valence-electron chi connectivity index (χ1n) is 9.33. The van der Waals surface area contributed by atoms with Gasteiger partial charge in [-0.2, -0.15) is 0 Å². The number of hydrogen-bond acceptors (Lipinski definition) is 3. The zero-order chi connectivity index (χ0) is 16.9. The van der Waals surface area contributed by atoms with E-state index in [0.29, 0.717) is 6.04 Å². The van der Waals surface area contributed by atoms with Crippen LogP contribution in [0.5, 0.6) is 0 Å². The highest BCUT2D eigenvalue weighted by Crippen LogP contribution is 2.09.